The first kappa shape index (κ1) is 18.7. The largest absolute Gasteiger partial charge is 0.506 e. The lowest BCUT2D eigenvalue weighted by atomic mass is 10.2. The minimum atomic E-state index is -3.54. The number of carbonyl (C=O) groups excluding carboxylic acids is 1. The first-order chi connectivity index (χ1) is 11.8. The van der Waals surface area contributed by atoms with Crippen molar-refractivity contribution in [1.29, 1.82) is 0 Å². The van der Waals surface area contributed by atoms with Crippen molar-refractivity contribution >= 4 is 54.8 Å². The van der Waals surface area contributed by atoms with Crippen LogP contribution >= 0.6 is 38.9 Å². The molecule has 0 unspecified atom stereocenters. The number of amides is 1. The van der Waals surface area contributed by atoms with Crippen molar-refractivity contribution in [3.8, 4) is 5.75 Å². The molecule has 0 aliphatic carbocycles. The van der Waals surface area contributed by atoms with E-state index in [4.69, 9.17) is 11.6 Å². The van der Waals surface area contributed by atoms with Crippen LogP contribution in [0.4, 0.5) is 0 Å². The molecule has 25 heavy (non-hydrogen) atoms. The summed E-state index contributed by atoms with van der Waals surface area (Å²) < 4.78 is 27.6. The number of halogens is 2. The average molecular weight is 466 g/mol. The fourth-order valence-electron chi connectivity index (χ4n) is 2.52. The quantitative estimate of drug-likeness (QED) is 0.756. The Kier molecular flexibility index (Phi) is 5.40. The van der Waals surface area contributed by atoms with Crippen LogP contribution in [0.1, 0.15) is 10.4 Å². The van der Waals surface area contributed by atoms with Crippen molar-refractivity contribution in [2.75, 3.05) is 26.2 Å². The van der Waals surface area contributed by atoms with E-state index >= 15 is 0 Å². The van der Waals surface area contributed by atoms with Gasteiger partial charge < -0.3 is 10.0 Å². The monoisotopic (exact) mass is 464 g/mol. The Morgan fingerprint density at radius 1 is 1.16 bits per heavy atom. The van der Waals surface area contributed by atoms with Crippen LogP contribution in [0.3, 0.4) is 0 Å². The zero-order valence-electron chi connectivity index (χ0n) is 12.9. The van der Waals surface area contributed by atoms with E-state index in [0.29, 0.717) is 18.7 Å². The van der Waals surface area contributed by atoms with E-state index in [1.165, 1.54) is 22.5 Å². The number of thiophene rings is 1. The molecule has 1 aliphatic rings. The fraction of sp³-hybridized carbons (Fsp3) is 0.267. The van der Waals surface area contributed by atoms with Crippen molar-refractivity contribution in [3.63, 3.8) is 0 Å². The standard InChI is InChI=1S/C15H14BrClN2O4S2/c16-13-3-4-14(24-13)25(22,23)19-7-5-18(6-8-19)15(21)10-1-2-12(20)11(17)9-10/h1-4,9,20H,5-8H2. The predicted molar refractivity (Wildman–Crippen MR) is 99.8 cm³/mol. The second-order valence-electron chi connectivity index (χ2n) is 5.42. The molecule has 1 aliphatic heterocycles. The van der Waals surface area contributed by atoms with E-state index in [2.05, 4.69) is 15.9 Å². The molecule has 1 aromatic carbocycles. The maximum atomic E-state index is 12.6. The highest BCUT2D eigenvalue weighted by molar-refractivity contribution is 9.11. The molecule has 0 bridgehead atoms. The zero-order valence-corrected chi connectivity index (χ0v) is 16.8. The highest BCUT2D eigenvalue weighted by Gasteiger charge is 2.31. The van der Waals surface area contributed by atoms with Crippen LogP contribution in [-0.2, 0) is 10.0 Å². The number of hydrogen-bond acceptors (Lipinski definition) is 5. The molecular formula is C15H14BrClN2O4S2. The van der Waals surface area contributed by atoms with E-state index in [1.54, 1.807) is 17.0 Å². The van der Waals surface area contributed by atoms with Gasteiger partial charge in [-0.15, -0.1) is 11.3 Å². The topological polar surface area (TPSA) is 77.9 Å². The molecule has 10 heteroatoms. The number of carbonyl (C=O) groups is 1. The van der Waals surface area contributed by atoms with Crippen molar-refractivity contribution in [1.82, 2.24) is 9.21 Å². The maximum absolute atomic E-state index is 12.6. The number of phenolic OH excluding ortho intramolecular Hbond substituents is 1. The number of rotatable bonds is 3. The number of benzene rings is 1. The van der Waals surface area contributed by atoms with Crippen LogP contribution in [0, 0.1) is 0 Å². The van der Waals surface area contributed by atoms with Gasteiger partial charge in [0.25, 0.3) is 15.9 Å². The Labute approximate surface area is 162 Å². The second-order valence-corrected chi connectivity index (χ2v) is 10.5. The number of aromatic hydroxyl groups is 1. The third-order valence-electron chi connectivity index (χ3n) is 3.86. The lowest BCUT2D eigenvalue weighted by molar-refractivity contribution is 0.0698. The highest BCUT2D eigenvalue weighted by Crippen LogP contribution is 2.29. The molecule has 0 saturated carbocycles. The minimum absolute atomic E-state index is 0.0868. The van der Waals surface area contributed by atoms with Crippen molar-refractivity contribution in [2.45, 2.75) is 4.21 Å². The van der Waals surface area contributed by atoms with Crippen LogP contribution in [-0.4, -0.2) is 54.8 Å². The Hall–Kier alpha value is -1.13. The highest BCUT2D eigenvalue weighted by atomic mass is 79.9. The number of nitrogens with zero attached hydrogens (tertiary/aromatic N) is 2. The lowest BCUT2D eigenvalue weighted by Crippen LogP contribution is -2.50. The van der Waals surface area contributed by atoms with E-state index in [0.717, 1.165) is 15.1 Å². The third kappa shape index (κ3) is 3.85. The lowest BCUT2D eigenvalue weighted by Gasteiger charge is -2.33. The summed E-state index contributed by atoms with van der Waals surface area (Å²) >= 11 is 10.3. The smallest absolute Gasteiger partial charge is 0.253 e. The summed E-state index contributed by atoms with van der Waals surface area (Å²) in [4.78, 5) is 14.1. The zero-order chi connectivity index (χ0) is 18.2. The van der Waals surface area contributed by atoms with Crippen molar-refractivity contribution in [2.24, 2.45) is 0 Å². The van der Waals surface area contributed by atoms with E-state index in [-0.39, 0.29) is 34.0 Å². The van der Waals surface area contributed by atoms with Gasteiger partial charge in [-0.05, 0) is 46.3 Å². The third-order valence-corrected chi connectivity index (χ3v) is 8.16. The Morgan fingerprint density at radius 3 is 2.40 bits per heavy atom. The number of sulfonamides is 1. The molecule has 1 N–H and O–H groups in total. The molecule has 2 aromatic rings. The SMILES string of the molecule is O=C(c1ccc(O)c(Cl)c1)N1CCN(S(=O)(=O)c2ccc(Br)s2)CC1. The van der Waals surface area contributed by atoms with E-state index < -0.39 is 10.0 Å². The van der Waals surface area contributed by atoms with E-state index in [9.17, 15) is 18.3 Å². The molecule has 1 aromatic heterocycles. The molecule has 6 nitrogen and oxygen atoms in total. The van der Waals surface area contributed by atoms with Crippen LogP contribution in [0.25, 0.3) is 0 Å². The van der Waals surface area contributed by atoms with Gasteiger partial charge in [0.15, 0.2) is 0 Å². The Bertz CT molecular complexity index is 908. The van der Waals surface area contributed by atoms with Gasteiger partial charge >= 0.3 is 0 Å². The first-order valence-electron chi connectivity index (χ1n) is 7.32. The summed E-state index contributed by atoms with van der Waals surface area (Å²) in [6, 6.07) is 7.54. The fourth-order valence-corrected chi connectivity index (χ4v) is 6.28. The molecule has 1 fully saturated rings. The number of piperazine rings is 1. The molecule has 1 saturated heterocycles. The van der Waals surface area contributed by atoms with Crippen LogP contribution in [0.5, 0.6) is 5.75 Å². The number of phenols is 1. The second kappa shape index (κ2) is 7.24. The summed E-state index contributed by atoms with van der Waals surface area (Å²) in [5.74, 6) is -0.325. The molecular weight excluding hydrogens is 452 g/mol. The van der Waals surface area contributed by atoms with Gasteiger partial charge in [-0.1, -0.05) is 11.6 Å². The van der Waals surface area contributed by atoms with Gasteiger partial charge in [0.1, 0.15) is 9.96 Å². The van der Waals surface area contributed by atoms with Gasteiger partial charge in [0, 0.05) is 31.7 Å². The summed E-state index contributed by atoms with van der Waals surface area (Å²) in [5, 5.41) is 9.54. The normalized spacial score (nSPS) is 16.2. The molecule has 134 valence electrons. The van der Waals surface area contributed by atoms with Crippen LogP contribution in [0.2, 0.25) is 5.02 Å². The summed E-state index contributed by atoms with van der Waals surface area (Å²) in [6.45, 7) is 1.05. The molecule has 2 heterocycles. The minimum Gasteiger partial charge on any atom is -0.506 e. The van der Waals surface area contributed by atoms with Gasteiger partial charge in [-0.25, -0.2) is 8.42 Å². The van der Waals surface area contributed by atoms with Gasteiger partial charge in [0.2, 0.25) is 0 Å². The van der Waals surface area contributed by atoms with Gasteiger partial charge in [-0.2, -0.15) is 4.31 Å². The Balaban J connectivity index is 1.69. The summed E-state index contributed by atoms with van der Waals surface area (Å²) in [6.07, 6.45) is 0. The molecule has 0 radical (unpaired) electrons. The number of hydrogen-bond donors (Lipinski definition) is 1. The predicted octanol–water partition coefficient (Wildman–Crippen LogP) is 3.02. The van der Waals surface area contributed by atoms with Crippen molar-refractivity contribution < 1.29 is 18.3 Å². The average Bonchev–Trinajstić information content (AvgIpc) is 3.04. The van der Waals surface area contributed by atoms with Crippen LogP contribution < -0.4 is 0 Å². The molecule has 0 spiro atoms. The maximum Gasteiger partial charge on any atom is 0.253 e. The summed E-state index contributed by atoms with van der Waals surface area (Å²) in [7, 11) is -3.54. The Morgan fingerprint density at radius 2 is 1.84 bits per heavy atom. The molecule has 3 rings (SSSR count). The van der Waals surface area contributed by atoms with Gasteiger partial charge in [0.05, 0.1) is 8.81 Å². The summed E-state index contributed by atoms with van der Waals surface area (Å²) in [5.41, 5.74) is 0.362. The molecule has 0 atom stereocenters. The van der Waals surface area contributed by atoms with Crippen LogP contribution in [0.15, 0.2) is 38.3 Å². The van der Waals surface area contributed by atoms with E-state index in [1.807, 2.05) is 0 Å². The molecule has 1 amide bonds. The first-order valence-corrected chi connectivity index (χ1v) is 10.7. The van der Waals surface area contributed by atoms with Crippen molar-refractivity contribution in [3.05, 3.63) is 44.7 Å². The van der Waals surface area contributed by atoms with Gasteiger partial charge in [-0.3, -0.25) is 4.79 Å².